The van der Waals surface area contributed by atoms with Crippen LogP contribution in [0.2, 0.25) is 0 Å². The van der Waals surface area contributed by atoms with E-state index in [4.69, 9.17) is 14.3 Å². The zero-order valence-electron chi connectivity index (χ0n) is 11.7. The van der Waals surface area contributed by atoms with E-state index < -0.39 is 0 Å². The third-order valence-electron chi connectivity index (χ3n) is 4.51. The average Bonchev–Trinajstić information content (AvgIpc) is 3.29. The predicted octanol–water partition coefficient (Wildman–Crippen LogP) is 2.19. The Morgan fingerprint density at radius 2 is 1.85 bits per heavy atom. The molecule has 4 heteroatoms. The maximum atomic E-state index is 11.9. The van der Waals surface area contributed by atoms with E-state index in [1.165, 1.54) is 5.56 Å². The van der Waals surface area contributed by atoms with Crippen LogP contribution in [0.5, 0.6) is 0 Å². The zero-order chi connectivity index (χ0) is 14.8. The molecule has 20 heavy (non-hydrogen) atoms. The van der Waals surface area contributed by atoms with Crippen LogP contribution in [-0.2, 0) is 24.5 Å². The van der Waals surface area contributed by atoms with Gasteiger partial charge in [0.05, 0.1) is 12.5 Å². The summed E-state index contributed by atoms with van der Waals surface area (Å²) >= 11 is 0. The largest absolute Gasteiger partial charge is 0.466 e. The van der Waals surface area contributed by atoms with Gasteiger partial charge < -0.3 is 4.74 Å². The molecule has 0 amide bonds. The van der Waals surface area contributed by atoms with Gasteiger partial charge in [0.15, 0.2) is 0 Å². The van der Waals surface area contributed by atoms with E-state index in [2.05, 4.69) is 31.2 Å². The number of rotatable bonds is 4. The smallest absolute Gasteiger partial charge is 0.373 e. The van der Waals surface area contributed by atoms with Crippen molar-refractivity contribution in [2.24, 2.45) is 17.8 Å². The van der Waals surface area contributed by atoms with Gasteiger partial charge in [0.2, 0.25) is 0 Å². The lowest BCUT2D eigenvalue weighted by atomic mass is 9.88. The monoisotopic (exact) mass is 274 g/mol. The molecule has 0 radical (unpaired) electrons. The minimum Gasteiger partial charge on any atom is -0.466 e. The molecular weight excluding hydrogens is 256 g/mol. The summed E-state index contributed by atoms with van der Waals surface area (Å²) in [5.74, 6) is 1.38. The summed E-state index contributed by atoms with van der Waals surface area (Å²) < 4.78 is 5.17. The maximum absolute atomic E-state index is 11.9. The molecule has 4 atom stereocenters. The van der Waals surface area contributed by atoms with Crippen molar-refractivity contribution in [3.63, 3.8) is 0 Å². The van der Waals surface area contributed by atoms with Gasteiger partial charge in [0, 0.05) is 5.41 Å². The molecule has 3 rings (SSSR count). The van der Waals surface area contributed by atoms with Crippen molar-refractivity contribution in [1.29, 1.82) is 0 Å². The fraction of sp³-hybridized carbons (Fsp3) is 0.500. The third kappa shape index (κ3) is 1.97. The fourth-order valence-corrected chi connectivity index (χ4v) is 3.77. The number of carbonyl (C=O) groups is 1. The summed E-state index contributed by atoms with van der Waals surface area (Å²) in [6.07, 6.45) is 1.41. The van der Waals surface area contributed by atoms with Crippen LogP contribution in [0.25, 0.3) is 0 Å². The number of esters is 1. The Kier molecular flexibility index (Phi) is 4.05. The van der Waals surface area contributed by atoms with Crippen LogP contribution < -0.4 is 0 Å². The molecule has 2 saturated carbocycles. The van der Waals surface area contributed by atoms with Gasteiger partial charge in [-0.2, -0.15) is 9.59 Å². The summed E-state index contributed by atoms with van der Waals surface area (Å²) in [7, 11) is 0. The van der Waals surface area contributed by atoms with Crippen molar-refractivity contribution in [3.8, 4) is 0 Å². The van der Waals surface area contributed by atoms with Crippen LogP contribution in [0, 0.1) is 17.8 Å². The molecule has 1 aromatic carbocycles. The number of ether oxygens (including phenoxy) is 1. The number of fused-ring (bicyclic) bond motifs is 1. The Labute approximate surface area is 118 Å². The first-order valence-corrected chi connectivity index (χ1v) is 6.91. The SMILES string of the molecule is CCOC(=O)[C@@H]1C2[C@@H](CC)C21c1ccccc1.O=C=O. The molecule has 106 valence electrons. The quantitative estimate of drug-likeness (QED) is 0.790. The average molecular weight is 274 g/mol. The molecule has 2 aliphatic rings. The molecule has 0 saturated heterocycles. The van der Waals surface area contributed by atoms with Crippen molar-refractivity contribution < 1.29 is 19.1 Å². The molecule has 0 heterocycles. The second-order valence-electron chi connectivity index (χ2n) is 5.15. The maximum Gasteiger partial charge on any atom is 0.373 e. The van der Waals surface area contributed by atoms with Gasteiger partial charge in [-0.05, 0) is 24.3 Å². The van der Waals surface area contributed by atoms with Gasteiger partial charge in [-0.25, -0.2) is 0 Å². The summed E-state index contributed by atoms with van der Waals surface area (Å²) in [5, 5.41) is 0. The van der Waals surface area contributed by atoms with Crippen molar-refractivity contribution >= 4 is 12.1 Å². The van der Waals surface area contributed by atoms with Gasteiger partial charge in [-0.1, -0.05) is 43.7 Å². The van der Waals surface area contributed by atoms with E-state index in [1.807, 2.05) is 13.0 Å². The lowest BCUT2D eigenvalue weighted by molar-refractivity contribution is -0.191. The van der Waals surface area contributed by atoms with Gasteiger partial charge in [0.25, 0.3) is 0 Å². The Morgan fingerprint density at radius 3 is 2.35 bits per heavy atom. The highest BCUT2D eigenvalue weighted by atomic mass is 16.5. The molecule has 0 bridgehead atoms. The van der Waals surface area contributed by atoms with E-state index in [0.29, 0.717) is 18.4 Å². The number of benzene rings is 1. The Bertz CT molecular complexity index is 519. The van der Waals surface area contributed by atoms with Gasteiger partial charge in [0.1, 0.15) is 0 Å². The van der Waals surface area contributed by atoms with Crippen LogP contribution in [-0.4, -0.2) is 18.7 Å². The van der Waals surface area contributed by atoms with Crippen molar-refractivity contribution in [2.75, 3.05) is 6.61 Å². The molecular formula is C16H18O4. The zero-order valence-corrected chi connectivity index (χ0v) is 11.7. The van der Waals surface area contributed by atoms with E-state index in [1.54, 1.807) is 0 Å². The normalized spacial score (nSPS) is 32.0. The Balaban J connectivity index is 0.000000452. The first kappa shape index (κ1) is 14.5. The topological polar surface area (TPSA) is 60.4 Å². The van der Waals surface area contributed by atoms with Crippen molar-refractivity contribution in [3.05, 3.63) is 35.9 Å². The fourth-order valence-electron chi connectivity index (χ4n) is 3.77. The number of carbonyl (C=O) groups excluding carboxylic acids is 3. The van der Waals surface area contributed by atoms with Gasteiger partial charge >= 0.3 is 12.1 Å². The summed E-state index contributed by atoms with van der Waals surface area (Å²) in [6, 6.07) is 10.5. The molecule has 1 aromatic rings. The highest BCUT2D eigenvalue weighted by molar-refractivity contribution is 5.84. The second kappa shape index (κ2) is 5.59. The van der Waals surface area contributed by atoms with Crippen LogP contribution >= 0.6 is 0 Å². The highest BCUT2D eigenvalue weighted by Crippen LogP contribution is 2.84. The minimum absolute atomic E-state index is 0.00560. The second-order valence-corrected chi connectivity index (χ2v) is 5.15. The lowest BCUT2D eigenvalue weighted by Crippen LogP contribution is -2.22. The first-order valence-electron chi connectivity index (χ1n) is 6.91. The first-order chi connectivity index (χ1) is 9.69. The highest BCUT2D eigenvalue weighted by Gasteiger charge is 2.88. The van der Waals surface area contributed by atoms with Gasteiger partial charge in [-0.3, -0.25) is 4.79 Å². The minimum atomic E-state index is 0.00560. The molecule has 2 aliphatic carbocycles. The van der Waals surface area contributed by atoms with Crippen molar-refractivity contribution in [2.45, 2.75) is 25.7 Å². The van der Waals surface area contributed by atoms with E-state index in [-0.39, 0.29) is 23.5 Å². The van der Waals surface area contributed by atoms with E-state index in [0.717, 1.165) is 6.42 Å². The van der Waals surface area contributed by atoms with E-state index >= 15 is 0 Å². The Hall–Kier alpha value is -1.93. The molecule has 0 aromatic heterocycles. The van der Waals surface area contributed by atoms with Crippen LogP contribution in [0.3, 0.4) is 0 Å². The molecule has 2 unspecified atom stereocenters. The molecule has 0 N–H and O–H groups in total. The molecule has 0 spiro atoms. The summed E-state index contributed by atoms with van der Waals surface area (Å²) in [4.78, 5) is 28.1. The van der Waals surface area contributed by atoms with Crippen LogP contribution in [0.1, 0.15) is 25.8 Å². The molecule has 4 nitrogen and oxygen atoms in total. The molecule has 0 aliphatic heterocycles. The summed E-state index contributed by atoms with van der Waals surface area (Å²) in [6.45, 7) is 4.58. The Morgan fingerprint density at radius 1 is 1.25 bits per heavy atom. The van der Waals surface area contributed by atoms with E-state index in [9.17, 15) is 4.79 Å². The summed E-state index contributed by atoms with van der Waals surface area (Å²) in [5.41, 5.74) is 1.47. The number of hydrogen-bond donors (Lipinski definition) is 0. The van der Waals surface area contributed by atoms with Crippen LogP contribution in [0.4, 0.5) is 0 Å². The van der Waals surface area contributed by atoms with Gasteiger partial charge in [-0.15, -0.1) is 0 Å². The predicted molar refractivity (Wildman–Crippen MR) is 70.5 cm³/mol. The molecule has 2 fully saturated rings. The third-order valence-corrected chi connectivity index (χ3v) is 4.51. The number of hydrogen-bond acceptors (Lipinski definition) is 4. The van der Waals surface area contributed by atoms with Crippen molar-refractivity contribution in [1.82, 2.24) is 0 Å². The lowest BCUT2D eigenvalue weighted by Gasteiger charge is -2.17. The van der Waals surface area contributed by atoms with Crippen LogP contribution in [0.15, 0.2) is 30.3 Å². The standard InChI is InChI=1S/C15H18O2.CO2/c1-3-11-12-13(14(16)17-4-2)15(11,12)10-8-6-5-7-9-10;2-1-3/h5-9,11-13H,3-4H2,1-2H3;/t11-,12?,13+,15?;/m1./s1.